The van der Waals surface area contributed by atoms with Crippen LogP contribution in [0.1, 0.15) is 18.5 Å². The molecule has 0 radical (unpaired) electrons. The molecule has 0 saturated heterocycles. The maximum absolute atomic E-state index is 10.7. The lowest BCUT2D eigenvalue weighted by molar-refractivity contribution is -0.137. The first-order chi connectivity index (χ1) is 6.77. The molecule has 0 amide bonds. The SMILES string of the molecule is CC(=O)OC1=CNC1c1ccccc1. The highest BCUT2D eigenvalue weighted by Crippen LogP contribution is 2.28. The summed E-state index contributed by atoms with van der Waals surface area (Å²) in [6, 6.07) is 9.89. The van der Waals surface area contributed by atoms with E-state index in [1.165, 1.54) is 6.92 Å². The van der Waals surface area contributed by atoms with E-state index in [0.29, 0.717) is 5.76 Å². The van der Waals surface area contributed by atoms with Crippen molar-refractivity contribution in [3.8, 4) is 0 Å². The average Bonchev–Trinajstić information content (AvgIpc) is 2.14. The van der Waals surface area contributed by atoms with E-state index in [1.807, 2.05) is 30.3 Å². The maximum Gasteiger partial charge on any atom is 0.307 e. The second-order valence-corrected chi connectivity index (χ2v) is 3.15. The highest BCUT2D eigenvalue weighted by molar-refractivity contribution is 5.67. The Morgan fingerprint density at radius 1 is 1.36 bits per heavy atom. The van der Waals surface area contributed by atoms with Gasteiger partial charge in [0.2, 0.25) is 0 Å². The summed E-state index contributed by atoms with van der Waals surface area (Å²) in [6.07, 6.45) is 1.71. The van der Waals surface area contributed by atoms with Crippen LogP contribution >= 0.6 is 0 Å². The quantitative estimate of drug-likeness (QED) is 0.720. The number of ether oxygens (including phenoxy) is 1. The van der Waals surface area contributed by atoms with Gasteiger partial charge in [0.15, 0.2) is 0 Å². The first kappa shape index (κ1) is 8.81. The van der Waals surface area contributed by atoms with Gasteiger partial charge >= 0.3 is 5.97 Å². The highest BCUT2D eigenvalue weighted by atomic mass is 16.5. The highest BCUT2D eigenvalue weighted by Gasteiger charge is 2.25. The van der Waals surface area contributed by atoms with Crippen molar-refractivity contribution in [3.63, 3.8) is 0 Å². The number of carbonyl (C=O) groups is 1. The topological polar surface area (TPSA) is 38.3 Å². The van der Waals surface area contributed by atoms with Gasteiger partial charge < -0.3 is 10.1 Å². The molecule has 3 heteroatoms. The second kappa shape index (κ2) is 3.54. The van der Waals surface area contributed by atoms with Crippen LogP contribution in [0.4, 0.5) is 0 Å². The Morgan fingerprint density at radius 3 is 2.57 bits per heavy atom. The van der Waals surface area contributed by atoms with Crippen LogP contribution in [0, 0.1) is 0 Å². The van der Waals surface area contributed by atoms with Gasteiger partial charge in [-0.2, -0.15) is 0 Å². The molecule has 1 N–H and O–H groups in total. The maximum atomic E-state index is 10.7. The smallest absolute Gasteiger partial charge is 0.307 e. The summed E-state index contributed by atoms with van der Waals surface area (Å²) in [5, 5.41) is 3.08. The third-order valence-corrected chi connectivity index (χ3v) is 2.07. The van der Waals surface area contributed by atoms with Gasteiger partial charge in [0.05, 0.1) is 0 Å². The van der Waals surface area contributed by atoms with Crippen molar-refractivity contribution in [2.75, 3.05) is 0 Å². The van der Waals surface area contributed by atoms with Crippen LogP contribution in [0.25, 0.3) is 0 Å². The molecule has 1 atom stereocenters. The zero-order chi connectivity index (χ0) is 9.97. The molecule has 14 heavy (non-hydrogen) atoms. The lowest BCUT2D eigenvalue weighted by atomic mass is 10.0. The molecule has 0 saturated carbocycles. The third kappa shape index (κ3) is 1.62. The van der Waals surface area contributed by atoms with Crippen LogP contribution in [0.5, 0.6) is 0 Å². The Balaban J connectivity index is 2.10. The van der Waals surface area contributed by atoms with Crippen LogP contribution in [-0.2, 0) is 9.53 Å². The molecular formula is C11H11NO2. The monoisotopic (exact) mass is 189 g/mol. The minimum Gasteiger partial charge on any atom is -0.427 e. The van der Waals surface area contributed by atoms with Crippen molar-refractivity contribution in [3.05, 3.63) is 47.9 Å². The van der Waals surface area contributed by atoms with Gasteiger partial charge in [-0.1, -0.05) is 30.3 Å². The molecule has 1 aliphatic rings. The summed E-state index contributed by atoms with van der Waals surface area (Å²) >= 11 is 0. The van der Waals surface area contributed by atoms with Gasteiger partial charge in [0, 0.05) is 13.1 Å². The molecule has 0 fully saturated rings. The van der Waals surface area contributed by atoms with E-state index in [0.717, 1.165) is 5.56 Å². The summed E-state index contributed by atoms with van der Waals surface area (Å²) in [4.78, 5) is 10.7. The van der Waals surface area contributed by atoms with Crippen molar-refractivity contribution >= 4 is 5.97 Å². The molecule has 1 aliphatic heterocycles. The van der Waals surface area contributed by atoms with E-state index in [2.05, 4.69) is 5.32 Å². The van der Waals surface area contributed by atoms with Crippen LogP contribution in [0.15, 0.2) is 42.3 Å². The number of nitrogens with one attached hydrogen (secondary N) is 1. The zero-order valence-corrected chi connectivity index (χ0v) is 7.86. The fourth-order valence-electron chi connectivity index (χ4n) is 1.40. The van der Waals surface area contributed by atoms with Gasteiger partial charge in [-0.25, -0.2) is 0 Å². The Labute approximate surface area is 82.4 Å². The standard InChI is InChI=1S/C11H11NO2/c1-8(13)14-10-7-12-11(10)9-5-3-2-4-6-9/h2-7,11-12H,1H3. The van der Waals surface area contributed by atoms with Crippen molar-refractivity contribution in [2.24, 2.45) is 0 Å². The van der Waals surface area contributed by atoms with Gasteiger partial charge in [-0.3, -0.25) is 4.79 Å². The first-order valence-corrected chi connectivity index (χ1v) is 4.47. The molecule has 3 nitrogen and oxygen atoms in total. The van der Waals surface area contributed by atoms with Crippen LogP contribution < -0.4 is 5.32 Å². The number of benzene rings is 1. The van der Waals surface area contributed by atoms with Gasteiger partial charge in [0.25, 0.3) is 0 Å². The molecule has 1 aromatic rings. The Hall–Kier alpha value is -1.77. The molecule has 1 aromatic carbocycles. The molecular weight excluding hydrogens is 178 g/mol. The first-order valence-electron chi connectivity index (χ1n) is 4.47. The number of hydrogen-bond donors (Lipinski definition) is 1. The van der Waals surface area contributed by atoms with E-state index in [9.17, 15) is 4.79 Å². The zero-order valence-electron chi connectivity index (χ0n) is 7.86. The average molecular weight is 189 g/mol. The minimum absolute atomic E-state index is 0.0279. The number of esters is 1. The van der Waals surface area contributed by atoms with Crippen LogP contribution in [0.2, 0.25) is 0 Å². The molecule has 0 bridgehead atoms. The summed E-state index contributed by atoms with van der Waals surface area (Å²) < 4.78 is 5.01. The van der Waals surface area contributed by atoms with Gasteiger partial charge in [-0.15, -0.1) is 0 Å². The molecule has 0 aliphatic carbocycles. The Bertz CT molecular complexity index is 370. The van der Waals surface area contributed by atoms with E-state index in [-0.39, 0.29) is 12.0 Å². The molecule has 0 spiro atoms. The lowest BCUT2D eigenvalue weighted by Gasteiger charge is -2.27. The van der Waals surface area contributed by atoms with Crippen LogP contribution in [0.3, 0.4) is 0 Å². The second-order valence-electron chi connectivity index (χ2n) is 3.15. The third-order valence-electron chi connectivity index (χ3n) is 2.07. The van der Waals surface area contributed by atoms with Crippen molar-refractivity contribution in [1.29, 1.82) is 0 Å². The summed E-state index contributed by atoms with van der Waals surface area (Å²) in [5.74, 6) is 0.405. The van der Waals surface area contributed by atoms with E-state index in [1.54, 1.807) is 6.20 Å². The van der Waals surface area contributed by atoms with Gasteiger partial charge in [-0.05, 0) is 5.56 Å². The fraction of sp³-hybridized carbons (Fsp3) is 0.182. The summed E-state index contributed by atoms with van der Waals surface area (Å²) in [6.45, 7) is 1.40. The molecule has 72 valence electrons. The Kier molecular flexibility index (Phi) is 2.23. The fourth-order valence-corrected chi connectivity index (χ4v) is 1.40. The lowest BCUT2D eigenvalue weighted by Crippen LogP contribution is -2.30. The molecule has 1 unspecified atom stereocenters. The largest absolute Gasteiger partial charge is 0.427 e. The number of hydrogen-bond acceptors (Lipinski definition) is 3. The number of carbonyl (C=O) groups excluding carboxylic acids is 1. The molecule has 2 rings (SSSR count). The minimum atomic E-state index is -0.279. The van der Waals surface area contributed by atoms with Crippen LogP contribution in [-0.4, -0.2) is 5.97 Å². The summed E-state index contributed by atoms with van der Waals surface area (Å²) in [7, 11) is 0. The molecule has 1 heterocycles. The predicted molar refractivity (Wildman–Crippen MR) is 52.2 cm³/mol. The van der Waals surface area contributed by atoms with Crippen molar-refractivity contribution in [2.45, 2.75) is 13.0 Å². The van der Waals surface area contributed by atoms with E-state index < -0.39 is 0 Å². The number of rotatable bonds is 2. The van der Waals surface area contributed by atoms with E-state index >= 15 is 0 Å². The van der Waals surface area contributed by atoms with Crippen molar-refractivity contribution < 1.29 is 9.53 Å². The molecule has 0 aromatic heterocycles. The normalized spacial score (nSPS) is 18.9. The predicted octanol–water partition coefficient (Wildman–Crippen LogP) is 1.74. The Morgan fingerprint density at radius 2 is 2.07 bits per heavy atom. The van der Waals surface area contributed by atoms with Gasteiger partial charge in [0.1, 0.15) is 11.8 Å². The van der Waals surface area contributed by atoms with E-state index in [4.69, 9.17) is 4.74 Å². The summed E-state index contributed by atoms with van der Waals surface area (Å²) in [5.41, 5.74) is 1.10. The van der Waals surface area contributed by atoms with Crippen molar-refractivity contribution in [1.82, 2.24) is 5.32 Å².